The zero-order chi connectivity index (χ0) is 14.2. The average molecular weight is 275 g/mol. The summed E-state index contributed by atoms with van der Waals surface area (Å²) < 4.78 is 5.63. The minimum Gasteiger partial charge on any atom is -0.377 e. The highest BCUT2D eigenvalue weighted by molar-refractivity contribution is 5.96. The molecule has 4 heteroatoms. The first-order valence-electron chi connectivity index (χ1n) is 7.23. The maximum atomic E-state index is 12.3. The molecular weight excluding hydrogens is 254 g/mol. The van der Waals surface area contributed by atoms with Crippen LogP contribution in [0.4, 0.5) is 0 Å². The third-order valence-corrected chi connectivity index (χ3v) is 3.55. The molecule has 0 saturated carbocycles. The zero-order valence-electron chi connectivity index (χ0n) is 11.6. The number of aldehydes is 1. The number of nitrogens with one attached hydrogen (secondary N) is 1. The molecule has 108 valence electrons. The summed E-state index contributed by atoms with van der Waals surface area (Å²) in [5.74, 6) is -0.194. The fourth-order valence-electron chi connectivity index (χ4n) is 2.39. The molecule has 0 fully saturated rings. The maximum Gasteiger partial charge on any atom is 0.252 e. The van der Waals surface area contributed by atoms with Crippen LogP contribution >= 0.6 is 0 Å². The van der Waals surface area contributed by atoms with E-state index in [9.17, 15) is 9.59 Å². The molecule has 0 radical (unpaired) electrons. The number of carbonyl (C=O) groups excluding carboxylic acids is 2. The largest absolute Gasteiger partial charge is 0.377 e. The maximum absolute atomic E-state index is 12.3. The van der Waals surface area contributed by atoms with Crippen LogP contribution in [0, 0.1) is 0 Å². The van der Waals surface area contributed by atoms with Crippen LogP contribution < -0.4 is 5.32 Å². The van der Waals surface area contributed by atoms with E-state index in [1.54, 1.807) is 6.07 Å². The van der Waals surface area contributed by atoms with Gasteiger partial charge in [0.05, 0.1) is 12.6 Å². The minimum atomic E-state index is -0.391. The zero-order valence-corrected chi connectivity index (χ0v) is 11.6. The number of rotatable bonds is 1. The predicted molar refractivity (Wildman–Crippen MR) is 76.5 cm³/mol. The molecule has 0 unspecified atom stereocenters. The van der Waals surface area contributed by atoms with Crippen molar-refractivity contribution in [1.82, 2.24) is 5.32 Å². The van der Waals surface area contributed by atoms with Gasteiger partial charge in [0.2, 0.25) is 0 Å². The molecule has 1 aliphatic heterocycles. The number of amides is 1. The van der Waals surface area contributed by atoms with Gasteiger partial charge in [0.25, 0.3) is 5.91 Å². The highest BCUT2D eigenvalue weighted by atomic mass is 16.5. The quantitative estimate of drug-likeness (QED) is 0.801. The molecule has 0 spiro atoms. The molecule has 4 nitrogen and oxygen atoms in total. The first-order chi connectivity index (χ1) is 9.81. The highest BCUT2D eigenvalue weighted by Gasteiger charge is 2.16. The average Bonchev–Trinajstić information content (AvgIpc) is 2.49. The van der Waals surface area contributed by atoms with E-state index >= 15 is 0 Å². The van der Waals surface area contributed by atoms with E-state index in [1.807, 2.05) is 18.2 Å². The second-order valence-electron chi connectivity index (χ2n) is 5.13. The van der Waals surface area contributed by atoms with Gasteiger partial charge in [0, 0.05) is 12.2 Å². The topological polar surface area (TPSA) is 55.4 Å². The van der Waals surface area contributed by atoms with Crippen molar-refractivity contribution in [1.29, 1.82) is 0 Å². The van der Waals surface area contributed by atoms with Gasteiger partial charge in [-0.05, 0) is 24.5 Å². The Hall–Kier alpha value is -1.68. The van der Waals surface area contributed by atoms with Crippen LogP contribution in [-0.2, 0) is 16.1 Å². The molecule has 0 aliphatic carbocycles. The lowest BCUT2D eigenvalue weighted by Crippen LogP contribution is -2.36. The first kappa shape index (κ1) is 14.7. The molecule has 1 aromatic rings. The molecule has 0 aromatic heterocycles. The third kappa shape index (κ3) is 4.17. The van der Waals surface area contributed by atoms with Gasteiger partial charge in [0.15, 0.2) is 0 Å². The Morgan fingerprint density at radius 3 is 2.80 bits per heavy atom. The number of hydrogen-bond acceptors (Lipinski definition) is 3. The SMILES string of the molecule is O=C[C@@H]1CCCCCCOCc2ccccc2C(=O)N1. The highest BCUT2D eigenvalue weighted by Crippen LogP contribution is 2.13. The number of ether oxygens (including phenoxy) is 1. The Labute approximate surface area is 119 Å². The lowest BCUT2D eigenvalue weighted by Gasteiger charge is -2.14. The van der Waals surface area contributed by atoms with Crippen LogP contribution in [-0.4, -0.2) is 24.8 Å². The van der Waals surface area contributed by atoms with Crippen molar-refractivity contribution in [2.45, 2.75) is 44.8 Å². The molecule has 1 aliphatic rings. The lowest BCUT2D eigenvalue weighted by molar-refractivity contribution is -0.109. The molecule has 0 saturated heterocycles. The van der Waals surface area contributed by atoms with Crippen molar-refractivity contribution in [3.05, 3.63) is 35.4 Å². The van der Waals surface area contributed by atoms with Crippen molar-refractivity contribution < 1.29 is 14.3 Å². The third-order valence-electron chi connectivity index (χ3n) is 3.55. The van der Waals surface area contributed by atoms with Crippen molar-refractivity contribution in [3.63, 3.8) is 0 Å². The van der Waals surface area contributed by atoms with Crippen LogP contribution in [0.25, 0.3) is 0 Å². The second-order valence-corrected chi connectivity index (χ2v) is 5.13. The van der Waals surface area contributed by atoms with E-state index in [4.69, 9.17) is 4.74 Å². The van der Waals surface area contributed by atoms with Gasteiger partial charge in [-0.15, -0.1) is 0 Å². The summed E-state index contributed by atoms with van der Waals surface area (Å²) >= 11 is 0. The molecular formula is C16H21NO3. The smallest absolute Gasteiger partial charge is 0.252 e. The van der Waals surface area contributed by atoms with Crippen LogP contribution in [0.15, 0.2) is 24.3 Å². The van der Waals surface area contributed by atoms with Crippen molar-refractivity contribution in [3.8, 4) is 0 Å². The molecule has 1 amide bonds. The minimum absolute atomic E-state index is 0.194. The standard InChI is InChI=1S/C16H21NO3/c18-11-14-8-3-1-2-6-10-20-12-13-7-4-5-9-15(13)16(19)17-14/h4-5,7,9,11,14H,1-3,6,8,10,12H2,(H,17,19)/t14-/m0/s1. The van der Waals surface area contributed by atoms with Gasteiger partial charge >= 0.3 is 0 Å². The van der Waals surface area contributed by atoms with Gasteiger partial charge in [-0.2, -0.15) is 0 Å². The van der Waals surface area contributed by atoms with Crippen LogP contribution in [0.3, 0.4) is 0 Å². The number of benzene rings is 1. The molecule has 2 rings (SSSR count). The van der Waals surface area contributed by atoms with E-state index in [0.717, 1.165) is 37.5 Å². The van der Waals surface area contributed by atoms with Crippen molar-refractivity contribution in [2.24, 2.45) is 0 Å². The molecule has 1 aromatic carbocycles. The molecule has 0 bridgehead atoms. The monoisotopic (exact) mass is 275 g/mol. The summed E-state index contributed by atoms with van der Waals surface area (Å²) in [5, 5.41) is 2.80. The molecule has 20 heavy (non-hydrogen) atoms. The van der Waals surface area contributed by atoms with Crippen LogP contribution in [0.5, 0.6) is 0 Å². The van der Waals surface area contributed by atoms with Gasteiger partial charge in [-0.25, -0.2) is 0 Å². The Balaban J connectivity index is 2.16. The second kappa shape index (κ2) is 7.80. The van der Waals surface area contributed by atoms with Gasteiger partial charge in [-0.3, -0.25) is 4.79 Å². The summed E-state index contributed by atoms with van der Waals surface area (Å²) in [6.07, 6.45) is 5.67. The van der Waals surface area contributed by atoms with E-state index in [1.165, 1.54) is 0 Å². The summed E-state index contributed by atoms with van der Waals surface area (Å²) in [5.41, 5.74) is 1.47. The Morgan fingerprint density at radius 1 is 1.15 bits per heavy atom. The molecule has 1 atom stereocenters. The van der Waals surface area contributed by atoms with Gasteiger partial charge in [0.1, 0.15) is 6.29 Å². The van der Waals surface area contributed by atoms with Crippen LogP contribution in [0.2, 0.25) is 0 Å². The predicted octanol–water partition coefficient (Wildman–Crippen LogP) is 2.46. The number of fused-ring (bicyclic) bond motifs is 1. The summed E-state index contributed by atoms with van der Waals surface area (Å²) in [7, 11) is 0. The number of hydrogen-bond donors (Lipinski definition) is 1. The Morgan fingerprint density at radius 2 is 1.95 bits per heavy atom. The Bertz CT molecular complexity index is 459. The van der Waals surface area contributed by atoms with Gasteiger partial charge in [-0.1, -0.05) is 37.5 Å². The molecule has 1 heterocycles. The molecule has 1 N–H and O–H groups in total. The van der Waals surface area contributed by atoms with Gasteiger partial charge < -0.3 is 14.8 Å². The van der Waals surface area contributed by atoms with E-state index in [0.29, 0.717) is 25.2 Å². The number of carbonyl (C=O) groups is 2. The lowest BCUT2D eigenvalue weighted by atomic mass is 10.1. The van der Waals surface area contributed by atoms with E-state index in [2.05, 4.69) is 5.32 Å². The summed E-state index contributed by atoms with van der Waals surface area (Å²) in [6.45, 7) is 1.16. The fourth-order valence-corrected chi connectivity index (χ4v) is 2.39. The Kier molecular flexibility index (Phi) is 5.74. The van der Waals surface area contributed by atoms with E-state index in [-0.39, 0.29) is 5.91 Å². The fraction of sp³-hybridized carbons (Fsp3) is 0.500. The summed E-state index contributed by atoms with van der Waals surface area (Å²) in [4.78, 5) is 23.3. The van der Waals surface area contributed by atoms with Crippen LogP contribution in [0.1, 0.15) is 48.0 Å². The van der Waals surface area contributed by atoms with E-state index < -0.39 is 6.04 Å². The normalized spacial score (nSPS) is 21.6. The van der Waals surface area contributed by atoms with Crippen molar-refractivity contribution in [2.75, 3.05) is 6.61 Å². The first-order valence-corrected chi connectivity index (χ1v) is 7.23. The summed E-state index contributed by atoms with van der Waals surface area (Å²) in [6, 6.07) is 6.99. The van der Waals surface area contributed by atoms with Crippen molar-refractivity contribution >= 4 is 12.2 Å².